The quantitative estimate of drug-likeness (QED) is 0.345. The lowest BCUT2D eigenvalue weighted by atomic mass is 10.1. The van der Waals surface area contributed by atoms with E-state index >= 15 is 0 Å². The fourth-order valence-corrected chi connectivity index (χ4v) is 3.77. The van der Waals surface area contributed by atoms with E-state index in [0.29, 0.717) is 23.5 Å². The number of anilines is 2. The molecule has 4 rings (SSSR count). The maximum atomic E-state index is 12.3. The van der Waals surface area contributed by atoms with Gasteiger partial charge in [0.15, 0.2) is 0 Å². The highest BCUT2D eigenvalue weighted by atomic mass is 79.9. The summed E-state index contributed by atoms with van der Waals surface area (Å²) in [6, 6.07) is 24.3. The summed E-state index contributed by atoms with van der Waals surface area (Å²) in [4.78, 5) is 28.5. The van der Waals surface area contributed by atoms with Crippen molar-refractivity contribution in [1.82, 2.24) is 4.98 Å². The predicted octanol–water partition coefficient (Wildman–Crippen LogP) is 6.04. The predicted molar refractivity (Wildman–Crippen MR) is 129 cm³/mol. The summed E-state index contributed by atoms with van der Waals surface area (Å²) in [6.07, 6.45) is 1.61. The first kappa shape index (κ1) is 21.5. The van der Waals surface area contributed by atoms with Crippen molar-refractivity contribution < 1.29 is 14.3 Å². The van der Waals surface area contributed by atoms with Gasteiger partial charge < -0.3 is 10.1 Å². The molecule has 32 heavy (non-hydrogen) atoms. The number of nitrogens with zero attached hydrogens (tertiary/aromatic N) is 1. The summed E-state index contributed by atoms with van der Waals surface area (Å²) in [6.45, 7) is 0.225. The van der Waals surface area contributed by atoms with Crippen LogP contribution in [0.4, 0.5) is 16.2 Å². The van der Waals surface area contributed by atoms with Crippen molar-refractivity contribution in [2.75, 3.05) is 17.2 Å². The van der Waals surface area contributed by atoms with Gasteiger partial charge >= 0.3 is 6.09 Å². The molecule has 0 saturated heterocycles. The molecule has 0 fully saturated rings. The summed E-state index contributed by atoms with van der Waals surface area (Å²) < 4.78 is 6.08. The number of rotatable bonds is 6. The SMILES string of the molecule is O=C(Nc1cccc2ccccc12)OCCc1ccc(NC(=O)c2ccccn2)c(Br)c1. The molecule has 1 aromatic heterocycles. The Morgan fingerprint density at radius 3 is 2.50 bits per heavy atom. The highest BCUT2D eigenvalue weighted by Crippen LogP contribution is 2.25. The molecule has 4 aromatic rings. The molecule has 7 heteroatoms. The number of carbonyl (C=O) groups is 2. The second-order valence-corrected chi connectivity index (χ2v) is 7.88. The van der Waals surface area contributed by atoms with Gasteiger partial charge in [0.1, 0.15) is 5.69 Å². The maximum Gasteiger partial charge on any atom is 0.411 e. The monoisotopic (exact) mass is 489 g/mol. The van der Waals surface area contributed by atoms with E-state index in [1.165, 1.54) is 0 Å². The standard InChI is InChI=1S/C25H20BrN3O3/c26-20-16-17(11-12-22(20)28-24(30)23-9-3-4-14-27-23)13-15-32-25(31)29-21-10-5-7-18-6-1-2-8-19(18)21/h1-12,14,16H,13,15H2,(H,28,30)(H,29,31). The van der Waals surface area contributed by atoms with Crippen molar-refractivity contribution >= 4 is 50.1 Å². The van der Waals surface area contributed by atoms with Crippen LogP contribution in [0.3, 0.4) is 0 Å². The minimum atomic E-state index is -0.500. The first-order chi connectivity index (χ1) is 15.6. The van der Waals surface area contributed by atoms with Crippen LogP contribution in [0.2, 0.25) is 0 Å². The molecular weight excluding hydrogens is 470 g/mol. The molecule has 2 N–H and O–H groups in total. The third-order valence-electron chi connectivity index (χ3n) is 4.83. The second kappa shape index (κ2) is 10.1. The third-order valence-corrected chi connectivity index (χ3v) is 5.49. The lowest BCUT2D eigenvalue weighted by Gasteiger charge is -2.11. The smallest absolute Gasteiger partial charge is 0.411 e. The molecule has 0 aliphatic heterocycles. The van der Waals surface area contributed by atoms with Gasteiger partial charge in [0.25, 0.3) is 5.91 Å². The number of halogens is 1. The molecule has 0 aliphatic rings. The number of amides is 2. The second-order valence-electron chi connectivity index (χ2n) is 7.02. The lowest BCUT2D eigenvalue weighted by molar-refractivity contribution is 0.102. The normalized spacial score (nSPS) is 10.5. The molecule has 6 nitrogen and oxygen atoms in total. The number of benzene rings is 3. The Labute approximate surface area is 193 Å². The van der Waals surface area contributed by atoms with Crippen LogP contribution in [0.15, 0.2) is 89.5 Å². The first-order valence-electron chi connectivity index (χ1n) is 10.0. The van der Waals surface area contributed by atoms with Crippen LogP contribution in [0.25, 0.3) is 10.8 Å². The molecule has 0 atom stereocenters. The van der Waals surface area contributed by atoms with Crippen LogP contribution in [-0.4, -0.2) is 23.6 Å². The van der Waals surface area contributed by atoms with E-state index in [1.54, 1.807) is 30.5 Å². The van der Waals surface area contributed by atoms with Crippen molar-refractivity contribution in [3.8, 4) is 0 Å². The molecule has 0 spiro atoms. The number of fused-ring (bicyclic) bond motifs is 1. The summed E-state index contributed by atoms with van der Waals surface area (Å²) in [7, 11) is 0. The third kappa shape index (κ3) is 5.31. The molecule has 0 radical (unpaired) electrons. The topological polar surface area (TPSA) is 80.3 Å². The highest BCUT2D eigenvalue weighted by molar-refractivity contribution is 9.10. The van der Waals surface area contributed by atoms with E-state index in [0.717, 1.165) is 20.8 Å². The van der Waals surface area contributed by atoms with Gasteiger partial charge in [-0.05, 0) is 57.2 Å². The molecular formula is C25H20BrN3O3. The molecule has 3 aromatic carbocycles. The van der Waals surface area contributed by atoms with E-state index < -0.39 is 6.09 Å². The van der Waals surface area contributed by atoms with Crippen molar-refractivity contribution in [3.63, 3.8) is 0 Å². The van der Waals surface area contributed by atoms with Gasteiger partial charge in [0.2, 0.25) is 0 Å². The van der Waals surface area contributed by atoms with Gasteiger partial charge in [-0.15, -0.1) is 0 Å². The van der Waals surface area contributed by atoms with Crippen LogP contribution in [-0.2, 0) is 11.2 Å². The number of pyridine rings is 1. The molecule has 0 bridgehead atoms. The van der Waals surface area contributed by atoms with E-state index in [4.69, 9.17) is 4.74 Å². The minimum Gasteiger partial charge on any atom is -0.449 e. The summed E-state index contributed by atoms with van der Waals surface area (Å²) in [5.74, 6) is -0.285. The summed E-state index contributed by atoms with van der Waals surface area (Å²) in [5.41, 5.74) is 2.66. The molecule has 1 heterocycles. The average molecular weight is 490 g/mol. The zero-order valence-electron chi connectivity index (χ0n) is 17.0. The van der Waals surface area contributed by atoms with Gasteiger partial charge in [-0.3, -0.25) is 15.1 Å². The van der Waals surface area contributed by atoms with Gasteiger partial charge in [-0.2, -0.15) is 0 Å². The maximum absolute atomic E-state index is 12.3. The number of hydrogen-bond acceptors (Lipinski definition) is 4. The fraction of sp³-hybridized carbons (Fsp3) is 0.0800. The van der Waals surface area contributed by atoms with E-state index in [-0.39, 0.29) is 12.5 Å². The zero-order valence-corrected chi connectivity index (χ0v) is 18.6. The van der Waals surface area contributed by atoms with E-state index in [9.17, 15) is 9.59 Å². The van der Waals surface area contributed by atoms with Crippen molar-refractivity contribution in [3.05, 3.63) is 101 Å². The van der Waals surface area contributed by atoms with Gasteiger partial charge in [0, 0.05) is 22.5 Å². The van der Waals surface area contributed by atoms with Crippen molar-refractivity contribution in [1.29, 1.82) is 0 Å². The molecule has 0 aliphatic carbocycles. The Morgan fingerprint density at radius 1 is 0.875 bits per heavy atom. The molecule has 0 saturated carbocycles. The van der Waals surface area contributed by atoms with Crippen LogP contribution in [0.5, 0.6) is 0 Å². The Hall–Kier alpha value is -3.71. The number of ether oxygens (including phenoxy) is 1. The average Bonchev–Trinajstić information content (AvgIpc) is 2.81. The summed E-state index contributed by atoms with van der Waals surface area (Å²) in [5, 5.41) is 7.64. The van der Waals surface area contributed by atoms with Crippen LogP contribution in [0.1, 0.15) is 16.1 Å². The molecule has 0 unspecified atom stereocenters. The van der Waals surface area contributed by atoms with Crippen LogP contribution < -0.4 is 10.6 Å². The molecule has 2 amide bonds. The largest absolute Gasteiger partial charge is 0.449 e. The van der Waals surface area contributed by atoms with Crippen LogP contribution >= 0.6 is 15.9 Å². The van der Waals surface area contributed by atoms with Crippen molar-refractivity contribution in [2.45, 2.75) is 6.42 Å². The Kier molecular flexibility index (Phi) is 6.77. The number of nitrogens with one attached hydrogen (secondary N) is 2. The lowest BCUT2D eigenvalue weighted by Crippen LogP contribution is -2.15. The molecule has 160 valence electrons. The number of aromatic nitrogens is 1. The zero-order chi connectivity index (χ0) is 22.3. The number of carbonyl (C=O) groups excluding carboxylic acids is 2. The summed E-state index contributed by atoms with van der Waals surface area (Å²) >= 11 is 3.48. The van der Waals surface area contributed by atoms with Crippen molar-refractivity contribution in [2.24, 2.45) is 0 Å². The van der Waals surface area contributed by atoms with Gasteiger partial charge in [-0.25, -0.2) is 4.79 Å². The van der Waals surface area contributed by atoms with Crippen LogP contribution in [0, 0.1) is 0 Å². The first-order valence-corrected chi connectivity index (χ1v) is 10.8. The number of hydrogen-bond donors (Lipinski definition) is 2. The highest BCUT2D eigenvalue weighted by Gasteiger charge is 2.10. The van der Waals surface area contributed by atoms with E-state index in [2.05, 4.69) is 31.5 Å². The fourth-order valence-electron chi connectivity index (χ4n) is 3.24. The Balaban J connectivity index is 1.30. The van der Waals surface area contributed by atoms with Gasteiger partial charge in [-0.1, -0.05) is 48.5 Å². The van der Waals surface area contributed by atoms with E-state index in [1.807, 2.05) is 54.6 Å². The Bertz CT molecular complexity index is 1260. The minimum absolute atomic E-state index is 0.225. The Morgan fingerprint density at radius 2 is 1.69 bits per heavy atom. The van der Waals surface area contributed by atoms with Gasteiger partial charge in [0.05, 0.1) is 18.0 Å².